The number of nitriles is 1. The number of rotatable bonds is 4. The van der Waals surface area contributed by atoms with Crippen LogP contribution >= 0.6 is 11.3 Å². The molecule has 3 rings (SSSR count). The largest absolute Gasteiger partial charge is 0.481 e. The Balaban J connectivity index is 1.77. The predicted molar refractivity (Wildman–Crippen MR) is 94.2 cm³/mol. The zero-order valence-corrected chi connectivity index (χ0v) is 14.3. The lowest BCUT2D eigenvalue weighted by atomic mass is 10.2. The molecule has 0 fully saturated rings. The van der Waals surface area contributed by atoms with E-state index in [1.165, 1.54) is 11.3 Å². The summed E-state index contributed by atoms with van der Waals surface area (Å²) in [6.45, 7) is 3.22. The topological polar surface area (TPSA) is 97.0 Å². The first kappa shape index (κ1) is 16.7. The number of hydrogen-bond acceptors (Lipinski definition) is 6. The summed E-state index contributed by atoms with van der Waals surface area (Å²) < 4.78 is 6.67. The van der Waals surface area contributed by atoms with Gasteiger partial charge in [0.25, 0.3) is 11.5 Å². The van der Waals surface area contributed by atoms with Crippen LogP contribution in [0.4, 0.5) is 0 Å². The Morgan fingerprint density at radius 3 is 2.76 bits per heavy atom. The van der Waals surface area contributed by atoms with Crippen LogP contribution < -0.4 is 15.7 Å². The number of nitrogens with one attached hydrogen (secondary N) is 1. The molecule has 7 nitrogen and oxygen atoms in total. The molecule has 0 aliphatic rings. The van der Waals surface area contributed by atoms with Crippen molar-refractivity contribution in [3.8, 4) is 11.8 Å². The van der Waals surface area contributed by atoms with Crippen LogP contribution in [0.25, 0.3) is 10.2 Å². The molecule has 8 heteroatoms. The van der Waals surface area contributed by atoms with Crippen molar-refractivity contribution in [2.45, 2.75) is 20.0 Å². The highest BCUT2D eigenvalue weighted by Crippen LogP contribution is 2.15. The highest BCUT2D eigenvalue weighted by molar-refractivity contribution is 7.16. The van der Waals surface area contributed by atoms with Crippen LogP contribution in [0.15, 0.2) is 40.5 Å². The first-order valence-electron chi connectivity index (χ1n) is 7.44. The van der Waals surface area contributed by atoms with Crippen molar-refractivity contribution in [1.82, 2.24) is 9.66 Å². The van der Waals surface area contributed by atoms with Gasteiger partial charge in [-0.15, -0.1) is 11.3 Å². The SMILES string of the molecule is Cc1nc2sccc2c(=O)n1NC(=O)C(C)Oc1ccc(C#N)cc1. The number of benzene rings is 1. The predicted octanol–water partition coefficient (Wildman–Crippen LogP) is 2.18. The van der Waals surface area contributed by atoms with Gasteiger partial charge < -0.3 is 4.74 Å². The van der Waals surface area contributed by atoms with Gasteiger partial charge in [-0.25, -0.2) is 9.66 Å². The first-order chi connectivity index (χ1) is 12.0. The van der Waals surface area contributed by atoms with E-state index in [4.69, 9.17) is 10.00 Å². The van der Waals surface area contributed by atoms with Gasteiger partial charge in [0, 0.05) is 0 Å². The minimum atomic E-state index is -0.836. The van der Waals surface area contributed by atoms with Gasteiger partial charge in [-0.3, -0.25) is 15.0 Å². The Kier molecular flexibility index (Phi) is 4.50. The lowest BCUT2D eigenvalue weighted by Gasteiger charge is -2.16. The number of thiophene rings is 1. The molecule has 1 unspecified atom stereocenters. The number of hydrogen-bond donors (Lipinski definition) is 1. The Morgan fingerprint density at radius 2 is 2.08 bits per heavy atom. The van der Waals surface area contributed by atoms with Crippen LogP contribution in [-0.4, -0.2) is 21.7 Å². The van der Waals surface area contributed by atoms with Crippen molar-refractivity contribution >= 4 is 27.5 Å². The summed E-state index contributed by atoms with van der Waals surface area (Å²) in [6, 6.07) is 10.1. The summed E-state index contributed by atoms with van der Waals surface area (Å²) in [7, 11) is 0. The van der Waals surface area contributed by atoms with Crippen LogP contribution in [0.5, 0.6) is 5.75 Å². The van der Waals surface area contributed by atoms with Crippen LogP contribution in [0.1, 0.15) is 18.3 Å². The molecular formula is C17H14N4O3S. The molecule has 2 aromatic heterocycles. The molecule has 0 aliphatic carbocycles. The van der Waals surface area contributed by atoms with Crippen molar-refractivity contribution in [2.75, 3.05) is 5.43 Å². The second kappa shape index (κ2) is 6.75. The van der Waals surface area contributed by atoms with E-state index in [-0.39, 0.29) is 5.56 Å². The molecule has 0 saturated heterocycles. The van der Waals surface area contributed by atoms with Crippen molar-refractivity contribution in [1.29, 1.82) is 5.26 Å². The average Bonchev–Trinajstić information content (AvgIpc) is 3.07. The third-order valence-electron chi connectivity index (χ3n) is 3.55. The number of ether oxygens (including phenoxy) is 1. The molecule has 0 spiro atoms. The van der Waals surface area contributed by atoms with E-state index in [1.807, 2.05) is 6.07 Å². The average molecular weight is 354 g/mol. The fraction of sp³-hybridized carbons (Fsp3) is 0.176. The van der Waals surface area contributed by atoms with Gasteiger partial charge in [-0.2, -0.15) is 5.26 Å². The lowest BCUT2D eigenvalue weighted by molar-refractivity contribution is -0.123. The van der Waals surface area contributed by atoms with Crippen LogP contribution in [0.2, 0.25) is 0 Å². The molecule has 1 amide bonds. The maximum Gasteiger partial charge on any atom is 0.281 e. The molecule has 0 radical (unpaired) electrons. The molecule has 0 bridgehead atoms. The number of carbonyl (C=O) groups excluding carboxylic acids is 1. The van der Waals surface area contributed by atoms with Crippen molar-refractivity contribution in [3.63, 3.8) is 0 Å². The van der Waals surface area contributed by atoms with Gasteiger partial charge in [-0.1, -0.05) is 0 Å². The van der Waals surface area contributed by atoms with Gasteiger partial charge in [-0.05, 0) is 49.6 Å². The number of amides is 1. The summed E-state index contributed by atoms with van der Waals surface area (Å²) in [4.78, 5) is 29.7. The second-order valence-electron chi connectivity index (χ2n) is 5.31. The van der Waals surface area contributed by atoms with E-state index >= 15 is 0 Å². The third-order valence-corrected chi connectivity index (χ3v) is 4.36. The fourth-order valence-corrected chi connectivity index (χ4v) is 3.01. The number of fused-ring (bicyclic) bond motifs is 1. The smallest absolute Gasteiger partial charge is 0.281 e. The Hall–Kier alpha value is -3.18. The van der Waals surface area contributed by atoms with Crippen molar-refractivity contribution in [3.05, 3.63) is 57.5 Å². The number of aromatic nitrogens is 2. The third kappa shape index (κ3) is 3.36. The monoisotopic (exact) mass is 354 g/mol. The quantitative estimate of drug-likeness (QED) is 0.774. The zero-order valence-electron chi connectivity index (χ0n) is 13.5. The normalized spacial score (nSPS) is 11.7. The summed E-state index contributed by atoms with van der Waals surface area (Å²) in [5.74, 6) is 0.363. The molecule has 0 aliphatic heterocycles. The molecule has 1 aromatic carbocycles. The first-order valence-corrected chi connectivity index (χ1v) is 8.32. The second-order valence-corrected chi connectivity index (χ2v) is 6.21. The van der Waals surface area contributed by atoms with Crippen molar-refractivity contribution < 1.29 is 9.53 Å². The molecule has 1 N–H and O–H groups in total. The molecule has 3 aromatic rings. The van der Waals surface area contributed by atoms with E-state index in [0.29, 0.717) is 27.4 Å². The molecule has 126 valence electrons. The maximum atomic E-state index is 12.4. The van der Waals surface area contributed by atoms with E-state index in [0.717, 1.165) is 4.68 Å². The van der Waals surface area contributed by atoms with Gasteiger partial charge in [0.15, 0.2) is 6.10 Å². The Labute approximate surface area is 147 Å². The summed E-state index contributed by atoms with van der Waals surface area (Å²) in [6.07, 6.45) is -0.836. The number of nitrogens with zero attached hydrogens (tertiary/aromatic N) is 3. The highest BCUT2D eigenvalue weighted by Gasteiger charge is 2.18. The lowest BCUT2D eigenvalue weighted by Crippen LogP contribution is -2.41. The fourth-order valence-electron chi connectivity index (χ4n) is 2.21. The van der Waals surface area contributed by atoms with Crippen LogP contribution in [0.3, 0.4) is 0 Å². The van der Waals surface area contributed by atoms with Gasteiger partial charge in [0.1, 0.15) is 16.4 Å². The van der Waals surface area contributed by atoms with Crippen LogP contribution in [0, 0.1) is 18.3 Å². The maximum absolute atomic E-state index is 12.4. The van der Waals surface area contributed by atoms with Crippen molar-refractivity contribution in [2.24, 2.45) is 0 Å². The molecule has 0 saturated carbocycles. The highest BCUT2D eigenvalue weighted by atomic mass is 32.1. The summed E-state index contributed by atoms with van der Waals surface area (Å²) in [5, 5.41) is 11.0. The standard InChI is InChI=1S/C17H14N4O3S/c1-10(24-13-5-3-12(9-18)4-6-13)15(22)20-21-11(2)19-16-14(17(21)23)7-8-25-16/h3-8,10H,1-2H3,(H,20,22). The molecule has 25 heavy (non-hydrogen) atoms. The molecule has 2 heterocycles. The van der Waals surface area contributed by atoms with E-state index in [2.05, 4.69) is 10.4 Å². The Bertz CT molecular complexity index is 1030. The van der Waals surface area contributed by atoms with Gasteiger partial charge in [0.05, 0.1) is 17.0 Å². The van der Waals surface area contributed by atoms with Gasteiger partial charge >= 0.3 is 0 Å². The van der Waals surface area contributed by atoms with E-state index in [1.54, 1.807) is 49.6 Å². The van der Waals surface area contributed by atoms with Crippen LogP contribution in [-0.2, 0) is 4.79 Å². The molecular weight excluding hydrogens is 340 g/mol. The summed E-state index contributed by atoms with van der Waals surface area (Å²) in [5.41, 5.74) is 2.70. The van der Waals surface area contributed by atoms with E-state index < -0.39 is 12.0 Å². The van der Waals surface area contributed by atoms with Gasteiger partial charge in [0.2, 0.25) is 0 Å². The zero-order chi connectivity index (χ0) is 18.0. The Morgan fingerprint density at radius 1 is 1.36 bits per heavy atom. The molecule has 1 atom stereocenters. The summed E-state index contributed by atoms with van der Waals surface area (Å²) >= 11 is 1.37. The minimum absolute atomic E-state index is 0.331. The number of aryl methyl sites for hydroxylation is 1. The van der Waals surface area contributed by atoms with E-state index in [9.17, 15) is 9.59 Å². The minimum Gasteiger partial charge on any atom is -0.481 e. The number of carbonyl (C=O) groups is 1.